The quantitative estimate of drug-likeness (QED) is 0.591. The van der Waals surface area contributed by atoms with E-state index in [1.54, 1.807) is 0 Å². The Balaban J connectivity index is 0.000000385. The monoisotopic (exact) mass is 260 g/mol. The van der Waals surface area contributed by atoms with Crippen LogP contribution in [0.15, 0.2) is 29.2 Å². The van der Waals surface area contributed by atoms with Gasteiger partial charge in [-0.2, -0.15) is 0 Å². The largest absolute Gasteiger partial charge is 0.559 e. The van der Waals surface area contributed by atoms with Crippen molar-refractivity contribution < 1.29 is 26.0 Å². The molecule has 0 heterocycles. The Kier molecular flexibility index (Phi) is 4.69. The molecule has 16 heavy (non-hydrogen) atoms. The number of sulfonamides is 1. The zero-order valence-corrected chi connectivity index (χ0v) is 8.52. The summed E-state index contributed by atoms with van der Waals surface area (Å²) in [4.78, 5) is 0.0756. The first-order chi connectivity index (χ1) is 7.00. The molecule has 0 bridgehead atoms. The minimum atomic E-state index is -5.50. The minimum Gasteiger partial charge on any atom is -0.399 e. The molecule has 0 amide bonds. The predicted molar refractivity (Wildman–Crippen MR) is 49.4 cm³/mol. The van der Waals surface area contributed by atoms with Crippen LogP contribution in [-0.4, -0.2) is 14.8 Å². The Morgan fingerprint density at radius 1 is 1.00 bits per heavy atom. The van der Waals surface area contributed by atoms with Crippen molar-refractivity contribution >= 4 is 15.7 Å². The second-order valence-electron chi connectivity index (χ2n) is 2.54. The lowest BCUT2D eigenvalue weighted by atomic mass is 10.3. The third kappa shape index (κ3) is 8.00. The lowest BCUT2D eigenvalue weighted by molar-refractivity contribution is -0.237. The lowest BCUT2D eigenvalue weighted by Gasteiger charge is -1.96. The van der Waals surface area contributed by atoms with Crippen LogP contribution >= 0.6 is 0 Å². The second-order valence-corrected chi connectivity index (χ2v) is 4.10. The van der Waals surface area contributed by atoms with Gasteiger partial charge in [-0.15, -0.1) is 17.6 Å². The molecule has 4 nitrogen and oxygen atoms in total. The summed E-state index contributed by atoms with van der Waals surface area (Å²) in [5.41, 5.74) is 5.85. The van der Waals surface area contributed by atoms with Crippen molar-refractivity contribution in [3.05, 3.63) is 24.3 Å². The van der Waals surface area contributed by atoms with E-state index in [1.165, 1.54) is 24.3 Å². The van der Waals surface area contributed by atoms with E-state index < -0.39 is 16.5 Å². The molecule has 4 N–H and O–H groups in total. The zero-order chi connectivity index (χ0) is 13.0. The van der Waals surface area contributed by atoms with Gasteiger partial charge in [0.05, 0.1) is 4.90 Å². The van der Waals surface area contributed by atoms with E-state index in [9.17, 15) is 26.0 Å². The van der Waals surface area contributed by atoms with Gasteiger partial charge in [-0.1, -0.05) is 0 Å². The van der Waals surface area contributed by atoms with Crippen molar-refractivity contribution in [3.8, 4) is 0 Å². The first kappa shape index (κ1) is 14.6. The van der Waals surface area contributed by atoms with E-state index in [0.717, 1.165) is 0 Å². The van der Waals surface area contributed by atoms with Gasteiger partial charge in [-0.25, -0.2) is 13.6 Å². The highest BCUT2D eigenvalue weighted by Crippen LogP contribution is 2.13. The molecule has 0 aliphatic rings. The zero-order valence-electron chi connectivity index (χ0n) is 7.70. The third-order valence-electron chi connectivity index (χ3n) is 1.21. The van der Waals surface area contributed by atoms with Crippen LogP contribution in [0.5, 0.6) is 0 Å². The van der Waals surface area contributed by atoms with Crippen molar-refractivity contribution in [1.29, 1.82) is 0 Å². The maximum Gasteiger partial charge on any atom is 0.559 e. The molecule has 0 aliphatic carbocycles. The molecule has 9 heteroatoms. The van der Waals surface area contributed by atoms with Crippen LogP contribution in [0, 0.1) is 0 Å². The molecule has 0 saturated heterocycles. The first-order valence-corrected chi connectivity index (χ1v) is 5.19. The highest BCUT2D eigenvalue weighted by molar-refractivity contribution is 7.89. The summed E-state index contributed by atoms with van der Waals surface area (Å²) in [6.07, 6.45) is -5.50. The number of primary sulfonamides is 1. The molecule has 0 spiro atoms. The molecule has 1 aromatic carbocycles. The number of nitrogens with two attached hydrogens (primary N) is 2. The predicted octanol–water partition coefficient (Wildman–Crippen LogP) is 1.39. The normalized spacial score (nSPS) is 11.6. The van der Waals surface area contributed by atoms with Crippen molar-refractivity contribution in [1.82, 2.24) is 0 Å². The first-order valence-electron chi connectivity index (χ1n) is 3.64. The number of rotatable bonds is 1. The summed E-state index contributed by atoms with van der Waals surface area (Å²) in [5.74, 6) is 0. The summed E-state index contributed by atoms with van der Waals surface area (Å²) in [7, 11) is -3.58. The van der Waals surface area contributed by atoms with Crippen molar-refractivity contribution in [2.24, 2.45) is 5.14 Å². The Morgan fingerprint density at radius 2 is 1.31 bits per heavy atom. The Morgan fingerprint density at radius 3 is 1.56 bits per heavy atom. The van der Waals surface area contributed by atoms with Gasteiger partial charge in [0.15, 0.2) is 0 Å². The smallest absolute Gasteiger partial charge is 0.399 e. The molecular weight excluding hydrogens is 252 g/mol. The molecular formula is C7H8F4N2O2S. The van der Waals surface area contributed by atoms with Crippen LogP contribution in [0.2, 0.25) is 0 Å². The Hall–Kier alpha value is -1.35. The van der Waals surface area contributed by atoms with E-state index in [0.29, 0.717) is 5.69 Å². The number of halogens is 4. The highest BCUT2D eigenvalue weighted by atomic mass is 32.2. The minimum absolute atomic E-state index is 0.0756. The molecule has 0 saturated carbocycles. The average molecular weight is 260 g/mol. The summed E-state index contributed by atoms with van der Waals surface area (Å²) in [6.45, 7) is 0. The fraction of sp³-hybridized carbons (Fsp3) is 0.143. The summed E-state index contributed by atoms with van der Waals surface area (Å²) in [5, 5.41) is 4.84. The van der Waals surface area contributed by atoms with E-state index in [1.807, 2.05) is 0 Å². The summed E-state index contributed by atoms with van der Waals surface area (Å²) >= 11 is 0. The number of benzene rings is 1. The number of hydrogen-bond acceptors (Lipinski definition) is 3. The molecule has 0 unspecified atom stereocenters. The highest BCUT2D eigenvalue weighted by Gasteiger charge is 2.24. The summed E-state index contributed by atoms with van der Waals surface area (Å²) in [6, 6.07) is 5.70. The van der Waals surface area contributed by atoms with Gasteiger partial charge in [0, 0.05) is 5.69 Å². The molecule has 0 atom stereocenters. The van der Waals surface area contributed by atoms with Crippen molar-refractivity contribution in [3.63, 3.8) is 0 Å². The van der Waals surface area contributed by atoms with Crippen LogP contribution < -0.4 is 10.9 Å². The van der Waals surface area contributed by atoms with E-state index >= 15 is 0 Å². The maximum absolute atomic E-state index is 10.7. The molecule has 0 radical (unpaired) electrons. The lowest BCUT2D eigenvalue weighted by Crippen LogP contribution is -2.11. The third-order valence-corrected chi connectivity index (χ3v) is 2.14. The van der Waals surface area contributed by atoms with Gasteiger partial charge in [0.1, 0.15) is 0 Å². The van der Waals surface area contributed by atoms with Crippen LogP contribution in [0.3, 0.4) is 0 Å². The molecule has 1 rings (SSSR count). The number of alkyl halides is 4. The molecule has 0 aromatic heterocycles. The van der Waals surface area contributed by atoms with E-state index in [-0.39, 0.29) is 4.90 Å². The molecule has 0 fully saturated rings. The second kappa shape index (κ2) is 5.12. The fourth-order valence-electron chi connectivity index (χ4n) is 0.658. The molecule has 1 aromatic rings. The van der Waals surface area contributed by atoms with Crippen LogP contribution in [-0.2, 0) is 10.0 Å². The topological polar surface area (TPSA) is 86.2 Å². The summed E-state index contributed by atoms with van der Waals surface area (Å²) < 4.78 is 60.1. The van der Waals surface area contributed by atoms with Crippen molar-refractivity contribution in [2.45, 2.75) is 11.3 Å². The van der Waals surface area contributed by atoms with E-state index in [4.69, 9.17) is 10.9 Å². The maximum atomic E-state index is 10.7. The van der Waals surface area contributed by atoms with Crippen LogP contribution in [0.1, 0.15) is 0 Å². The number of nitrogen functional groups attached to an aromatic ring is 1. The van der Waals surface area contributed by atoms with Crippen LogP contribution in [0.4, 0.5) is 23.2 Å². The number of hydrogen-bond donors (Lipinski definition) is 2. The average Bonchev–Trinajstić information content (AvgIpc) is 1.99. The Bertz CT molecular complexity index is 421. The van der Waals surface area contributed by atoms with Gasteiger partial charge in [0.2, 0.25) is 10.0 Å². The van der Waals surface area contributed by atoms with Gasteiger partial charge in [-0.05, 0) is 24.3 Å². The van der Waals surface area contributed by atoms with E-state index in [2.05, 4.69) is 0 Å². The SMILES string of the molecule is FC(F)(F)F.Nc1ccc(S(N)(=O)=O)cc1. The molecule has 92 valence electrons. The van der Waals surface area contributed by atoms with Gasteiger partial charge < -0.3 is 5.73 Å². The van der Waals surface area contributed by atoms with Crippen molar-refractivity contribution in [2.75, 3.05) is 5.73 Å². The van der Waals surface area contributed by atoms with Gasteiger partial charge in [0.25, 0.3) is 0 Å². The van der Waals surface area contributed by atoms with Gasteiger partial charge >= 0.3 is 6.43 Å². The number of anilines is 1. The van der Waals surface area contributed by atoms with Gasteiger partial charge in [-0.3, -0.25) is 0 Å². The fourth-order valence-corrected chi connectivity index (χ4v) is 1.17. The Labute approximate surface area is 88.9 Å². The van der Waals surface area contributed by atoms with Crippen LogP contribution in [0.25, 0.3) is 0 Å². The molecule has 0 aliphatic heterocycles. The standard InChI is InChI=1S/C6H8N2O2S.CF4/c7-5-1-3-6(4-2-5)11(8,9)10;2-1(3,4)5/h1-4H,7H2,(H2,8,9,10);.